The minimum atomic E-state index is -0.448. The summed E-state index contributed by atoms with van der Waals surface area (Å²) in [5, 5.41) is 12.7. The van der Waals surface area contributed by atoms with Gasteiger partial charge in [0.25, 0.3) is 5.91 Å². The molecule has 0 heterocycles. The van der Waals surface area contributed by atoms with Gasteiger partial charge in [0.1, 0.15) is 0 Å². The molecular weight excluding hydrogens is 296 g/mol. The van der Waals surface area contributed by atoms with E-state index in [-0.39, 0.29) is 11.9 Å². The van der Waals surface area contributed by atoms with E-state index < -0.39 is 6.10 Å². The lowest BCUT2D eigenvalue weighted by Gasteiger charge is -2.28. The number of anilines is 1. The van der Waals surface area contributed by atoms with Crippen LogP contribution in [0.2, 0.25) is 0 Å². The van der Waals surface area contributed by atoms with Gasteiger partial charge in [-0.05, 0) is 31.0 Å². The Balaban J connectivity index is 2.09. The van der Waals surface area contributed by atoms with Crippen LogP contribution in [0.25, 0.3) is 0 Å². The Morgan fingerprint density at radius 2 is 2.11 bits per heavy atom. The van der Waals surface area contributed by atoms with Gasteiger partial charge in [-0.15, -0.1) is 0 Å². The molecule has 0 unspecified atom stereocenters. The van der Waals surface area contributed by atoms with Crippen molar-refractivity contribution in [1.29, 1.82) is 0 Å². The number of amides is 1. The highest BCUT2D eigenvalue weighted by atomic mass is 79.9. The van der Waals surface area contributed by atoms with E-state index in [4.69, 9.17) is 5.73 Å². The number of carbonyl (C=O) groups is 1. The zero-order valence-corrected chi connectivity index (χ0v) is 11.6. The van der Waals surface area contributed by atoms with Crippen molar-refractivity contribution in [1.82, 2.24) is 5.32 Å². The average molecular weight is 313 g/mol. The summed E-state index contributed by atoms with van der Waals surface area (Å²) >= 11 is 3.32. The van der Waals surface area contributed by atoms with Crippen LogP contribution in [-0.4, -0.2) is 23.2 Å². The van der Waals surface area contributed by atoms with Gasteiger partial charge in [-0.1, -0.05) is 28.8 Å². The lowest BCUT2D eigenvalue weighted by molar-refractivity contribution is 0.0718. The summed E-state index contributed by atoms with van der Waals surface area (Å²) in [5.74, 6) is -0.222. The zero-order valence-electron chi connectivity index (χ0n) is 10.0. The van der Waals surface area contributed by atoms with Crippen LogP contribution in [0.15, 0.2) is 22.7 Å². The first kappa shape index (κ1) is 13.4. The van der Waals surface area contributed by atoms with E-state index in [1.165, 1.54) is 0 Å². The second kappa shape index (κ2) is 5.71. The second-order valence-electron chi connectivity index (χ2n) is 4.66. The maximum absolute atomic E-state index is 12.1. The smallest absolute Gasteiger partial charge is 0.253 e. The molecule has 2 rings (SSSR count). The third kappa shape index (κ3) is 3.03. The number of halogens is 1. The summed E-state index contributed by atoms with van der Waals surface area (Å²) in [7, 11) is 0. The zero-order chi connectivity index (χ0) is 13.1. The highest BCUT2D eigenvalue weighted by molar-refractivity contribution is 9.10. The van der Waals surface area contributed by atoms with E-state index in [2.05, 4.69) is 21.2 Å². The fourth-order valence-corrected chi connectivity index (χ4v) is 2.61. The Morgan fingerprint density at radius 1 is 1.39 bits per heavy atom. The largest absolute Gasteiger partial charge is 0.398 e. The van der Waals surface area contributed by atoms with Gasteiger partial charge in [0.2, 0.25) is 0 Å². The van der Waals surface area contributed by atoms with Gasteiger partial charge >= 0.3 is 0 Å². The lowest BCUT2D eigenvalue weighted by atomic mass is 9.92. The molecule has 4 nitrogen and oxygen atoms in total. The maximum atomic E-state index is 12.1. The Labute approximate surface area is 115 Å². The molecule has 0 bridgehead atoms. The number of nitrogens with two attached hydrogens (primary N) is 1. The molecule has 1 aromatic carbocycles. The minimum absolute atomic E-state index is 0.162. The highest BCUT2D eigenvalue weighted by Gasteiger charge is 2.25. The summed E-state index contributed by atoms with van der Waals surface area (Å²) < 4.78 is 0.811. The standard InChI is InChI=1S/C13H17BrN2O2/c14-8-5-6-10(15)9(7-8)13(18)16-11-3-1-2-4-12(11)17/h5-7,11-12,17H,1-4,15H2,(H,16,18)/t11-,12-/m1/s1. The van der Waals surface area contributed by atoms with Crippen molar-refractivity contribution in [3.8, 4) is 0 Å². The van der Waals surface area contributed by atoms with E-state index >= 15 is 0 Å². The number of nitrogens with one attached hydrogen (secondary N) is 1. The maximum Gasteiger partial charge on any atom is 0.253 e. The summed E-state index contributed by atoms with van der Waals surface area (Å²) in [4.78, 5) is 12.1. The van der Waals surface area contributed by atoms with E-state index in [9.17, 15) is 9.90 Å². The second-order valence-corrected chi connectivity index (χ2v) is 5.58. The molecular formula is C13H17BrN2O2. The van der Waals surface area contributed by atoms with Crippen LogP contribution in [0.3, 0.4) is 0 Å². The summed E-state index contributed by atoms with van der Waals surface area (Å²) in [6, 6.07) is 5.02. The molecule has 4 N–H and O–H groups in total. The summed E-state index contributed by atoms with van der Waals surface area (Å²) in [6.45, 7) is 0. The van der Waals surface area contributed by atoms with Crippen LogP contribution >= 0.6 is 15.9 Å². The van der Waals surface area contributed by atoms with Crippen LogP contribution in [0.1, 0.15) is 36.0 Å². The fraction of sp³-hybridized carbons (Fsp3) is 0.462. The van der Waals surface area contributed by atoms with Gasteiger partial charge < -0.3 is 16.2 Å². The Kier molecular flexibility index (Phi) is 4.24. The Bertz CT molecular complexity index is 451. The average Bonchev–Trinajstić information content (AvgIpc) is 2.35. The number of hydrogen-bond donors (Lipinski definition) is 3. The number of aliphatic hydroxyl groups excluding tert-OH is 1. The normalized spacial score (nSPS) is 23.7. The van der Waals surface area contributed by atoms with Gasteiger partial charge in [-0.3, -0.25) is 4.79 Å². The van der Waals surface area contributed by atoms with Crippen molar-refractivity contribution >= 4 is 27.5 Å². The fourth-order valence-electron chi connectivity index (χ4n) is 2.25. The number of nitrogen functional groups attached to an aromatic ring is 1. The molecule has 98 valence electrons. The molecule has 1 fully saturated rings. The van der Waals surface area contributed by atoms with Crippen LogP contribution in [-0.2, 0) is 0 Å². The molecule has 1 aromatic rings. The van der Waals surface area contributed by atoms with Crippen LogP contribution in [0, 0.1) is 0 Å². The molecule has 0 radical (unpaired) electrons. The molecule has 1 aliphatic rings. The molecule has 18 heavy (non-hydrogen) atoms. The van der Waals surface area contributed by atoms with Gasteiger partial charge in [0.15, 0.2) is 0 Å². The van der Waals surface area contributed by atoms with Gasteiger partial charge in [0, 0.05) is 10.2 Å². The lowest BCUT2D eigenvalue weighted by Crippen LogP contribution is -2.45. The first-order valence-electron chi connectivity index (χ1n) is 6.12. The van der Waals surface area contributed by atoms with Crippen molar-refractivity contribution in [2.45, 2.75) is 37.8 Å². The first-order chi connectivity index (χ1) is 8.58. The van der Waals surface area contributed by atoms with Gasteiger partial charge in [-0.25, -0.2) is 0 Å². The van der Waals surface area contributed by atoms with Crippen LogP contribution in [0.4, 0.5) is 5.69 Å². The third-order valence-corrected chi connectivity index (χ3v) is 3.80. The highest BCUT2D eigenvalue weighted by Crippen LogP contribution is 2.21. The van der Waals surface area contributed by atoms with Crippen molar-refractivity contribution in [2.24, 2.45) is 0 Å². The van der Waals surface area contributed by atoms with E-state index in [0.29, 0.717) is 11.3 Å². The Hall–Kier alpha value is -1.07. The van der Waals surface area contributed by atoms with E-state index in [1.807, 2.05) is 0 Å². The first-order valence-corrected chi connectivity index (χ1v) is 6.91. The molecule has 5 heteroatoms. The van der Waals surface area contributed by atoms with Crippen LogP contribution < -0.4 is 11.1 Å². The summed E-state index contributed by atoms with van der Waals surface area (Å²) in [6.07, 6.45) is 3.18. The van der Waals surface area contributed by atoms with Crippen molar-refractivity contribution < 1.29 is 9.90 Å². The predicted molar refractivity (Wildman–Crippen MR) is 74.3 cm³/mol. The minimum Gasteiger partial charge on any atom is -0.398 e. The van der Waals surface area contributed by atoms with Crippen molar-refractivity contribution in [3.05, 3.63) is 28.2 Å². The molecule has 0 aliphatic heterocycles. The molecule has 1 aliphatic carbocycles. The van der Waals surface area contributed by atoms with E-state index in [0.717, 1.165) is 30.2 Å². The molecule has 0 aromatic heterocycles. The molecule has 1 amide bonds. The molecule has 0 saturated heterocycles. The quantitative estimate of drug-likeness (QED) is 0.732. The number of aliphatic hydroxyl groups is 1. The van der Waals surface area contributed by atoms with Crippen LogP contribution in [0.5, 0.6) is 0 Å². The van der Waals surface area contributed by atoms with Crippen molar-refractivity contribution in [2.75, 3.05) is 5.73 Å². The molecule has 2 atom stereocenters. The summed E-state index contributed by atoms with van der Waals surface area (Å²) in [5.41, 5.74) is 6.68. The third-order valence-electron chi connectivity index (χ3n) is 3.31. The molecule has 1 saturated carbocycles. The van der Waals surface area contributed by atoms with Gasteiger partial charge in [0.05, 0.1) is 17.7 Å². The Morgan fingerprint density at radius 3 is 2.83 bits per heavy atom. The van der Waals surface area contributed by atoms with E-state index in [1.54, 1.807) is 18.2 Å². The number of hydrogen-bond acceptors (Lipinski definition) is 3. The predicted octanol–water partition coefficient (Wildman–Crippen LogP) is 2.06. The van der Waals surface area contributed by atoms with Crippen molar-refractivity contribution in [3.63, 3.8) is 0 Å². The molecule has 0 spiro atoms. The number of rotatable bonds is 2. The van der Waals surface area contributed by atoms with Gasteiger partial charge in [-0.2, -0.15) is 0 Å². The SMILES string of the molecule is Nc1ccc(Br)cc1C(=O)N[C@@H]1CCCC[C@H]1O. The number of benzene rings is 1. The number of carbonyl (C=O) groups excluding carboxylic acids is 1. The monoisotopic (exact) mass is 312 g/mol. The topological polar surface area (TPSA) is 75.4 Å².